The molecule has 0 bridgehead atoms. The summed E-state index contributed by atoms with van der Waals surface area (Å²) >= 11 is 0. The average molecular weight is 372 g/mol. The lowest BCUT2D eigenvalue weighted by Crippen LogP contribution is -2.19. The van der Waals surface area contributed by atoms with Crippen molar-refractivity contribution in [1.82, 2.24) is 5.01 Å². The minimum atomic E-state index is -1.03. The minimum Gasteiger partial charge on any atom is -0.494 e. The van der Waals surface area contributed by atoms with Crippen LogP contribution in [0, 0.1) is 0 Å². The van der Waals surface area contributed by atoms with Gasteiger partial charge in [-0.3, -0.25) is 14.6 Å². The molecule has 0 unspecified atom stereocenters. The van der Waals surface area contributed by atoms with Crippen LogP contribution < -0.4 is 14.8 Å². The zero-order chi connectivity index (χ0) is 19.8. The molecule has 1 amide bonds. The molecule has 0 fully saturated rings. The van der Waals surface area contributed by atoms with Crippen molar-refractivity contribution in [3.05, 3.63) is 48.0 Å². The summed E-state index contributed by atoms with van der Waals surface area (Å²) in [6.07, 6.45) is 0. The van der Waals surface area contributed by atoms with E-state index in [9.17, 15) is 9.59 Å². The van der Waals surface area contributed by atoms with E-state index in [1.807, 2.05) is 6.07 Å². The van der Waals surface area contributed by atoms with Gasteiger partial charge in [0.2, 0.25) is 0 Å². The minimum absolute atomic E-state index is 0.297. The Labute approximate surface area is 156 Å². The highest BCUT2D eigenvalue weighted by Gasteiger charge is 2.15. The second-order valence-corrected chi connectivity index (χ2v) is 5.44. The molecule has 0 saturated carbocycles. The van der Waals surface area contributed by atoms with Crippen LogP contribution in [-0.2, 0) is 4.79 Å². The molecule has 142 valence electrons. The van der Waals surface area contributed by atoms with E-state index < -0.39 is 5.97 Å². The predicted molar refractivity (Wildman–Crippen MR) is 98.7 cm³/mol. The Hall–Kier alpha value is -3.62. The van der Waals surface area contributed by atoms with Gasteiger partial charge in [-0.2, -0.15) is 0 Å². The van der Waals surface area contributed by atoms with Crippen LogP contribution in [0.5, 0.6) is 11.5 Å². The van der Waals surface area contributed by atoms with Gasteiger partial charge in [-0.25, -0.2) is 0 Å². The van der Waals surface area contributed by atoms with E-state index >= 15 is 0 Å². The molecule has 0 aromatic heterocycles. The van der Waals surface area contributed by atoms with Crippen LogP contribution in [0.1, 0.15) is 10.4 Å². The van der Waals surface area contributed by atoms with Crippen LogP contribution >= 0.6 is 0 Å². The lowest BCUT2D eigenvalue weighted by Gasteiger charge is -2.14. The van der Waals surface area contributed by atoms with Gasteiger partial charge in [-0.1, -0.05) is 23.4 Å². The van der Waals surface area contributed by atoms with Crippen molar-refractivity contribution in [2.75, 3.05) is 33.1 Å². The maximum atomic E-state index is 12.4. The predicted octanol–water partition coefficient (Wildman–Crippen LogP) is 2.97. The van der Waals surface area contributed by atoms with Crippen LogP contribution in [0.4, 0.5) is 11.4 Å². The van der Waals surface area contributed by atoms with Crippen molar-refractivity contribution in [1.29, 1.82) is 0 Å². The van der Waals surface area contributed by atoms with E-state index in [2.05, 4.69) is 15.7 Å². The summed E-state index contributed by atoms with van der Waals surface area (Å²) in [5.74, 6) is -0.631. The van der Waals surface area contributed by atoms with Gasteiger partial charge >= 0.3 is 5.97 Å². The molecule has 0 aliphatic heterocycles. The van der Waals surface area contributed by atoms with Gasteiger partial charge < -0.3 is 19.9 Å². The molecule has 0 aliphatic carbocycles. The molecule has 2 aromatic rings. The number of carbonyl (C=O) groups is 2. The summed E-state index contributed by atoms with van der Waals surface area (Å²) in [7, 11) is 4.39. The van der Waals surface area contributed by atoms with E-state index in [4.69, 9.17) is 14.6 Å². The Morgan fingerprint density at radius 2 is 1.78 bits per heavy atom. The Kier molecular flexibility index (Phi) is 6.70. The number of hydrogen-bond donors (Lipinski definition) is 2. The molecular formula is C18H20N4O5. The van der Waals surface area contributed by atoms with Gasteiger partial charge in [-0.15, -0.1) is 5.11 Å². The van der Waals surface area contributed by atoms with Crippen molar-refractivity contribution < 1.29 is 24.2 Å². The molecule has 27 heavy (non-hydrogen) atoms. The normalized spacial score (nSPS) is 10.5. The maximum Gasteiger partial charge on any atom is 0.324 e. The van der Waals surface area contributed by atoms with E-state index in [1.165, 1.54) is 32.3 Å². The van der Waals surface area contributed by atoms with Gasteiger partial charge in [0, 0.05) is 24.7 Å². The van der Waals surface area contributed by atoms with Crippen LogP contribution in [0.15, 0.2) is 52.8 Å². The molecule has 0 spiro atoms. The number of carbonyl (C=O) groups excluding carboxylic acids is 1. The molecule has 9 nitrogen and oxygen atoms in total. The molecule has 0 saturated heterocycles. The smallest absolute Gasteiger partial charge is 0.324 e. The number of hydrogen-bond acceptors (Lipinski definition) is 6. The largest absolute Gasteiger partial charge is 0.494 e. The third kappa shape index (κ3) is 5.43. The zero-order valence-corrected chi connectivity index (χ0v) is 15.2. The second kappa shape index (κ2) is 9.18. The standard InChI is InChI=1S/C18H20N4O5/c1-22(11-17(23)24)21-20-14-10-15(26-2)13(9-16(14)27-3)19-18(25)12-7-5-4-6-8-12/h4-10H,11H2,1-3H3,(H,19,25)(H,23,24). The number of nitrogens with zero attached hydrogens (tertiary/aromatic N) is 3. The number of methoxy groups -OCH3 is 2. The number of aliphatic carboxylic acids is 1. The van der Waals surface area contributed by atoms with E-state index in [1.54, 1.807) is 30.3 Å². The molecule has 2 aromatic carbocycles. The van der Waals surface area contributed by atoms with E-state index in [0.29, 0.717) is 28.4 Å². The van der Waals surface area contributed by atoms with Crippen LogP contribution in [0.2, 0.25) is 0 Å². The molecule has 9 heteroatoms. The van der Waals surface area contributed by atoms with Crippen LogP contribution in [0.25, 0.3) is 0 Å². The fourth-order valence-electron chi connectivity index (χ4n) is 2.19. The number of benzene rings is 2. The lowest BCUT2D eigenvalue weighted by molar-refractivity contribution is -0.138. The number of anilines is 1. The SMILES string of the molecule is COc1cc(NC(=O)c2ccccc2)c(OC)cc1N=NN(C)CC(=O)O. The van der Waals surface area contributed by atoms with Crippen molar-refractivity contribution in [3.63, 3.8) is 0 Å². The first-order valence-corrected chi connectivity index (χ1v) is 7.91. The number of carboxylic acid groups (broad SMARTS) is 1. The highest BCUT2D eigenvalue weighted by Crippen LogP contribution is 2.38. The summed E-state index contributed by atoms with van der Waals surface area (Å²) in [4.78, 5) is 23.1. The number of amides is 1. The zero-order valence-electron chi connectivity index (χ0n) is 15.2. The average Bonchev–Trinajstić information content (AvgIpc) is 2.66. The van der Waals surface area contributed by atoms with Gasteiger partial charge in [0.05, 0.1) is 19.9 Å². The molecule has 0 aliphatic rings. The second-order valence-electron chi connectivity index (χ2n) is 5.44. The number of rotatable bonds is 8. The third-order valence-electron chi connectivity index (χ3n) is 3.45. The van der Waals surface area contributed by atoms with E-state index in [-0.39, 0.29) is 12.5 Å². The summed E-state index contributed by atoms with van der Waals surface area (Å²) in [5.41, 5.74) is 1.22. The van der Waals surface area contributed by atoms with Crippen molar-refractivity contribution in [2.45, 2.75) is 0 Å². The highest BCUT2D eigenvalue weighted by atomic mass is 16.5. The Bertz CT molecular complexity index is 839. The molecule has 2 N–H and O–H groups in total. The fourth-order valence-corrected chi connectivity index (χ4v) is 2.19. The first-order valence-electron chi connectivity index (χ1n) is 7.91. The first kappa shape index (κ1) is 19.7. The Balaban J connectivity index is 2.28. The first-order chi connectivity index (χ1) is 12.9. The monoisotopic (exact) mass is 372 g/mol. The van der Waals surface area contributed by atoms with Crippen molar-refractivity contribution >= 4 is 23.3 Å². The molecule has 0 atom stereocenters. The molecule has 0 radical (unpaired) electrons. The molecule has 0 heterocycles. The van der Waals surface area contributed by atoms with Crippen molar-refractivity contribution in [3.8, 4) is 11.5 Å². The maximum absolute atomic E-state index is 12.4. The van der Waals surface area contributed by atoms with Crippen LogP contribution in [-0.4, -0.2) is 49.8 Å². The summed E-state index contributed by atoms with van der Waals surface area (Å²) in [6.45, 7) is -0.297. The summed E-state index contributed by atoms with van der Waals surface area (Å²) in [5, 5.41) is 20.5. The number of ether oxygens (including phenoxy) is 2. The van der Waals surface area contributed by atoms with Gasteiger partial charge in [-0.05, 0) is 12.1 Å². The number of carboxylic acids is 1. The lowest BCUT2D eigenvalue weighted by atomic mass is 10.2. The quantitative estimate of drug-likeness (QED) is 0.544. The highest BCUT2D eigenvalue weighted by molar-refractivity contribution is 6.05. The summed E-state index contributed by atoms with van der Waals surface area (Å²) in [6, 6.07) is 11.8. The van der Waals surface area contributed by atoms with Gasteiger partial charge in [0.25, 0.3) is 5.91 Å². The van der Waals surface area contributed by atoms with Gasteiger partial charge in [0.1, 0.15) is 23.7 Å². The molecule has 2 rings (SSSR count). The third-order valence-corrected chi connectivity index (χ3v) is 3.45. The van der Waals surface area contributed by atoms with Crippen LogP contribution in [0.3, 0.4) is 0 Å². The fraction of sp³-hybridized carbons (Fsp3) is 0.222. The van der Waals surface area contributed by atoms with Crippen molar-refractivity contribution in [2.24, 2.45) is 10.3 Å². The summed E-state index contributed by atoms with van der Waals surface area (Å²) < 4.78 is 10.6. The number of likely N-dealkylation sites (N-methyl/N-ethyl adjacent to an activating group) is 1. The van der Waals surface area contributed by atoms with Gasteiger partial charge in [0.15, 0.2) is 0 Å². The Morgan fingerprint density at radius 1 is 1.11 bits per heavy atom. The molecular weight excluding hydrogens is 352 g/mol. The Morgan fingerprint density at radius 3 is 2.37 bits per heavy atom. The topological polar surface area (TPSA) is 113 Å². The number of nitrogens with one attached hydrogen (secondary N) is 1. The van der Waals surface area contributed by atoms with E-state index in [0.717, 1.165) is 0 Å².